The van der Waals surface area contributed by atoms with E-state index in [1.807, 2.05) is 32.0 Å². The molecule has 27 heavy (non-hydrogen) atoms. The van der Waals surface area contributed by atoms with Crippen LogP contribution in [0.15, 0.2) is 36.4 Å². The fraction of sp³-hybridized carbons (Fsp3) is 0.263. The number of amides is 1. The molecular formula is C19H17Cl2N5O. The third-order valence-electron chi connectivity index (χ3n) is 4.78. The Kier molecular flexibility index (Phi) is 4.61. The van der Waals surface area contributed by atoms with E-state index in [0.717, 1.165) is 22.9 Å². The number of hydrogen-bond donors (Lipinski definition) is 0. The normalized spacial score (nSPS) is 16.3. The Balaban J connectivity index is 1.67. The molecule has 0 fully saturated rings. The molecular weight excluding hydrogens is 385 g/mol. The van der Waals surface area contributed by atoms with Gasteiger partial charge in [-0.1, -0.05) is 40.5 Å². The quantitative estimate of drug-likeness (QED) is 0.649. The molecule has 2 aromatic heterocycles. The zero-order valence-corrected chi connectivity index (χ0v) is 16.4. The van der Waals surface area contributed by atoms with Crippen molar-refractivity contribution < 1.29 is 4.79 Å². The van der Waals surface area contributed by atoms with Gasteiger partial charge in [0.2, 0.25) is 0 Å². The van der Waals surface area contributed by atoms with Crippen molar-refractivity contribution in [1.29, 1.82) is 0 Å². The number of halogens is 2. The predicted octanol–water partition coefficient (Wildman–Crippen LogP) is 4.04. The summed E-state index contributed by atoms with van der Waals surface area (Å²) < 4.78 is 1.76. The maximum Gasteiger partial charge on any atom is 0.255 e. The minimum absolute atomic E-state index is 0.163. The molecule has 0 saturated heterocycles. The number of hydrogen-bond acceptors (Lipinski definition) is 4. The molecule has 138 valence electrons. The molecule has 8 heteroatoms. The highest BCUT2D eigenvalue weighted by atomic mass is 35.5. The Labute approximate surface area is 166 Å². The van der Waals surface area contributed by atoms with Crippen molar-refractivity contribution in [2.45, 2.75) is 26.3 Å². The third kappa shape index (κ3) is 3.09. The van der Waals surface area contributed by atoms with E-state index >= 15 is 0 Å². The summed E-state index contributed by atoms with van der Waals surface area (Å²) in [5, 5.41) is 9.24. The van der Waals surface area contributed by atoms with Crippen LogP contribution >= 0.6 is 23.2 Å². The standard InChI is InChI=1S/C19H17Cl2N5O/c1-11-5-3-8-16(22-11)26-15-9-10-25(12(2)18(15)23-24-26)19(27)13-6-4-7-14(20)17(13)21/h3-8,12H,9-10H2,1-2H3/t12-/m0/s1. The van der Waals surface area contributed by atoms with Crippen LogP contribution in [-0.2, 0) is 6.42 Å². The Morgan fingerprint density at radius 3 is 2.74 bits per heavy atom. The van der Waals surface area contributed by atoms with Crippen LogP contribution in [0.3, 0.4) is 0 Å². The van der Waals surface area contributed by atoms with E-state index in [-0.39, 0.29) is 17.0 Å². The summed E-state index contributed by atoms with van der Waals surface area (Å²) >= 11 is 12.3. The molecule has 0 radical (unpaired) electrons. The molecule has 1 aromatic carbocycles. The third-order valence-corrected chi connectivity index (χ3v) is 5.60. The van der Waals surface area contributed by atoms with Gasteiger partial charge < -0.3 is 4.90 Å². The van der Waals surface area contributed by atoms with E-state index in [0.29, 0.717) is 23.6 Å². The van der Waals surface area contributed by atoms with Gasteiger partial charge in [-0.05, 0) is 38.1 Å². The van der Waals surface area contributed by atoms with Gasteiger partial charge in [0.1, 0.15) is 5.69 Å². The van der Waals surface area contributed by atoms with E-state index in [9.17, 15) is 4.79 Å². The molecule has 1 atom stereocenters. The second-order valence-electron chi connectivity index (χ2n) is 6.50. The highest BCUT2D eigenvalue weighted by Gasteiger charge is 2.33. The van der Waals surface area contributed by atoms with Crippen molar-refractivity contribution in [3.63, 3.8) is 0 Å². The molecule has 6 nitrogen and oxygen atoms in total. The van der Waals surface area contributed by atoms with Gasteiger partial charge in [0.25, 0.3) is 5.91 Å². The average Bonchev–Trinajstić information content (AvgIpc) is 3.09. The molecule has 4 rings (SSSR count). The summed E-state index contributed by atoms with van der Waals surface area (Å²) in [4.78, 5) is 19.3. The van der Waals surface area contributed by atoms with Crippen LogP contribution in [0.5, 0.6) is 0 Å². The summed E-state index contributed by atoms with van der Waals surface area (Å²) in [5.41, 5.74) is 3.05. The minimum Gasteiger partial charge on any atom is -0.330 e. The SMILES string of the molecule is Cc1cccc(-n2nnc3c2CCN(C(=O)c2cccc(Cl)c2Cl)[C@H]3C)n1. The zero-order chi connectivity index (χ0) is 19.1. The number of fused-ring (bicyclic) bond motifs is 1. The number of aryl methyl sites for hydroxylation is 1. The molecule has 0 unspecified atom stereocenters. The first-order chi connectivity index (χ1) is 13.0. The lowest BCUT2D eigenvalue weighted by molar-refractivity contribution is 0.0672. The first-order valence-corrected chi connectivity index (χ1v) is 9.36. The van der Waals surface area contributed by atoms with Crippen LogP contribution in [0.2, 0.25) is 10.0 Å². The van der Waals surface area contributed by atoms with E-state index in [2.05, 4.69) is 15.3 Å². The molecule has 1 amide bonds. The lowest BCUT2D eigenvalue weighted by Crippen LogP contribution is -2.39. The molecule has 3 aromatic rings. The van der Waals surface area contributed by atoms with E-state index in [1.54, 1.807) is 27.8 Å². The van der Waals surface area contributed by atoms with Gasteiger partial charge in [-0.2, -0.15) is 4.68 Å². The van der Waals surface area contributed by atoms with Gasteiger partial charge in [0.15, 0.2) is 5.82 Å². The molecule has 0 saturated carbocycles. The number of nitrogens with zero attached hydrogens (tertiary/aromatic N) is 5. The highest BCUT2D eigenvalue weighted by molar-refractivity contribution is 6.43. The number of rotatable bonds is 2. The number of benzene rings is 1. The Hall–Kier alpha value is -2.44. The summed E-state index contributed by atoms with van der Waals surface area (Å²) in [6, 6.07) is 10.6. The fourth-order valence-corrected chi connectivity index (χ4v) is 3.75. The Morgan fingerprint density at radius 2 is 1.96 bits per heavy atom. The number of carbonyl (C=O) groups is 1. The lowest BCUT2D eigenvalue weighted by atomic mass is 10.0. The van der Waals surface area contributed by atoms with Crippen LogP contribution in [-0.4, -0.2) is 37.3 Å². The van der Waals surface area contributed by atoms with E-state index in [4.69, 9.17) is 23.2 Å². The fourth-order valence-electron chi connectivity index (χ4n) is 3.37. The molecule has 0 bridgehead atoms. The van der Waals surface area contributed by atoms with Crippen LogP contribution in [0.25, 0.3) is 5.82 Å². The van der Waals surface area contributed by atoms with Crippen molar-refractivity contribution in [3.05, 3.63) is 69.1 Å². The first kappa shape index (κ1) is 17.9. The number of carbonyl (C=O) groups excluding carboxylic acids is 1. The van der Waals surface area contributed by atoms with Gasteiger partial charge in [-0.15, -0.1) is 5.10 Å². The second-order valence-corrected chi connectivity index (χ2v) is 7.28. The topological polar surface area (TPSA) is 63.9 Å². The minimum atomic E-state index is -0.227. The van der Waals surface area contributed by atoms with Crippen LogP contribution < -0.4 is 0 Å². The first-order valence-electron chi connectivity index (χ1n) is 8.61. The highest BCUT2D eigenvalue weighted by Crippen LogP contribution is 2.32. The second kappa shape index (κ2) is 6.94. The van der Waals surface area contributed by atoms with Gasteiger partial charge in [0, 0.05) is 18.7 Å². The lowest BCUT2D eigenvalue weighted by Gasteiger charge is -2.32. The Morgan fingerprint density at radius 1 is 1.19 bits per heavy atom. The molecule has 0 N–H and O–H groups in total. The Bertz CT molecular complexity index is 1030. The summed E-state index contributed by atoms with van der Waals surface area (Å²) in [6.45, 7) is 4.41. The summed E-state index contributed by atoms with van der Waals surface area (Å²) in [6.07, 6.45) is 0.631. The molecule has 0 aliphatic carbocycles. The van der Waals surface area contributed by atoms with Crippen LogP contribution in [0.1, 0.15) is 40.4 Å². The zero-order valence-electron chi connectivity index (χ0n) is 14.9. The van der Waals surface area contributed by atoms with Gasteiger partial charge >= 0.3 is 0 Å². The smallest absolute Gasteiger partial charge is 0.255 e. The van der Waals surface area contributed by atoms with Crippen molar-refractivity contribution in [3.8, 4) is 5.82 Å². The van der Waals surface area contributed by atoms with Crippen molar-refractivity contribution >= 4 is 29.1 Å². The maximum atomic E-state index is 13.0. The monoisotopic (exact) mass is 401 g/mol. The van der Waals surface area contributed by atoms with E-state index < -0.39 is 0 Å². The molecule has 1 aliphatic rings. The van der Waals surface area contributed by atoms with Crippen molar-refractivity contribution in [1.82, 2.24) is 24.9 Å². The molecule has 0 spiro atoms. The van der Waals surface area contributed by atoms with E-state index in [1.165, 1.54) is 0 Å². The maximum absolute atomic E-state index is 13.0. The largest absolute Gasteiger partial charge is 0.330 e. The van der Waals surface area contributed by atoms with Gasteiger partial charge in [-0.3, -0.25) is 4.79 Å². The number of pyridine rings is 1. The van der Waals surface area contributed by atoms with Gasteiger partial charge in [-0.25, -0.2) is 4.98 Å². The summed E-state index contributed by atoms with van der Waals surface area (Å²) in [5.74, 6) is 0.567. The van der Waals surface area contributed by atoms with Crippen molar-refractivity contribution in [2.75, 3.05) is 6.54 Å². The van der Waals surface area contributed by atoms with Gasteiger partial charge in [0.05, 0.1) is 27.3 Å². The average molecular weight is 402 g/mol. The van der Waals surface area contributed by atoms with Crippen molar-refractivity contribution in [2.24, 2.45) is 0 Å². The molecule has 3 heterocycles. The summed E-state index contributed by atoms with van der Waals surface area (Å²) in [7, 11) is 0. The molecule has 1 aliphatic heterocycles. The van der Waals surface area contributed by atoms with Crippen LogP contribution in [0.4, 0.5) is 0 Å². The van der Waals surface area contributed by atoms with Crippen LogP contribution in [0, 0.1) is 6.92 Å². The number of aromatic nitrogens is 4. The predicted molar refractivity (Wildman–Crippen MR) is 104 cm³/mol.